The average molecular weight is 321 g/mol. The molecular weight excluding hydrogens is 298 g/mol. The Bertz CT molecular complexity index is 558. The third-order valence-electron chi connectivity index (χ3n) is 3.08. The predicted molar refractivity (Wildman–Crippen MR) is 93.0 cm³/mol. The molecule has 6 nitrogen and oxygen atoms in total. The number of nitrogens with one attached hydrogen (secondary N) is 1. The zero-order valence-corrected chi connectivity index (χ0v) is 13.8. The summed E-state index contributed by atoms with van der Waals surface area (Å²) in [6, 6.07) is 0. The van der Waals surface area contributed by atoms with Gasteiger partial charge >= 0.3 is 0 Å². The molecule has 22 heavy (non-hydrogen) atoms. The number of rotatable bonds is 9. The van der Waals surface area contributed by atoms with Crippen molar-refractivity contribution in [2.45, 2.75) is 32.6 Å². The van der Waals surface area contributed by atoms with Gasteiger partial charge in [-0.25, -0.2) is 4.98 Å². The van der Waals surface area contributed by atoms with Gasteiger partial charge in [-0.2, -0.15) is 0 Å². The van der Waals surface area contributed by atoms with E-state index in [4.69, 9.17) is 11.5 Å². The van der Waals surface area contributed by atoms with Crippen molar-refractivity contribution >= 4 is 28.8 Å². The van der Waals surface area contributed by atoms with Gasteiger partial charge < -0.3 is 16.8 Å². The summed E-state index contributed by atoms with van der Waals surface area (Å²) in [5.41, 5.74) is 12.8. The Morgan fingerprint density at radius 3 is 2.95 bits per heavy atom. The minimum absolute atomic E-state index is 0.128. The number of nitrogens with two attached hydrogens (primary N) is 2. The first-order chi connectivity index (χ1) is 10.6. The van der Waals surface area contributed by atoms with Gasteiger partial charge in [0.05, 0.1) is 5.69 Å². The van der Waals surface area contributed by atoms with Crippen LogP contribution in [-0.4, -0.2) is 23.9 Å². The summed E-state index contributed by atoms with van der Waals surface area (Å²) in [6.07, 6.45) is 8.65. The van der Waals surface area contributed by atoms with Crippen molar-refractivity contribution in [3.05, 3.63) is 34.9 Å². The van der Waals surface area contributed by atoms with Crippen molar-refractivity contribution in [1.29, 1.82) is 0 Å². The molecule has 7 heteroatoms. The van der Waals surface area contributed by atoms with Crippen LogP contribution in [0.4, 0.5) is 5.13 Å². The molecule has 0 saturated carbocycles. The van der Waals surface area contributed by atoms with Gasteiger partial charge in [0.15, 0.2) is 11.1 Å². The summed E-state index contributed by atoms with van der Waals surface area (Å²) in [5, 5.41) is 5.12. The van der Waals surface area contributed by atoms with Crippen LogP contribution in [0.5, 0.6) is 0 Å². The zero-order valence-electron chi connectivity index (χ0n) is 13.0. The topological polar surface area (TPSA) is 106 Å². The van der Waals surface area contributed by atoms with Crippen LogP contribution >= 0.6 is 11.3 Å². The minimum Gasteiger partial charge on any atom is -0.370 e. The second-order valence-corrected chi connectivity index (χ2v) is 5.61. The van der Waals surface area contributed by atoms with Crippen LogP contribution < -0.4 is 16.8 Å². The maximum atomic E-state index is 10.4. The van der Waals surface area contributed by atoms with Gasteiger partial charge in [0.2, 0.25) is 6.41 Å². The van der Waals surface area contributed by atoms with E-state index < -0.39 is 0 Å². The number of carbonyl (C=O) groups excluding carboxylic acids is 1. The summed E-state index contributed by atoms with van der Waals surface area (Å²) in [4.78, 5) is 18.7. The highest BCUT2D eigenvalue weighted by molar-refractivity contribution is 7.13. The SMILES string of the molecule is CC/C(=C\C=C/C(C)c1csc(NC=O)n1)CCN=C(N)N. The van der Waals surface area contributed by atoms with Crippen molar-refractivity contribution in [3.63, 3.8) is 0 Å². The molecule has 1 aromatic rings. The molecule has 1 atom stereocenters. The molecule has 1 aromatic heterocycles. The molecule has 1 rings (SSSR count). The molecule has 5 N–H and O–H groups in total. The molecule has 0 fully saturated rings. The summed E-state index contributed by atoms with van der Waals surface area (Å²) < 4.78 is 0. The second kappa shape index (κ2) is 9.73. The largest absolute Gasteiger partial charge is 0.370 e. The highest BCUT2D eigenvalue weighted by Gasteiger charge is 2.06. The number of hydrogen-bond donors (Lipinski definition) is 3. The summed E-state index contributed by atoms with van der Waals surface area (Å²) in [6.45, 7) is 4.78. The summed E-state index contributed by atoms with van der Waals surface area (Å²) in [7, 11) is 0. The summed E-state index contributed by atoms with van der Waals surface area (Å²) >= 11 is 1.42. The molecule has 1 heterocycles. The van der Waals surface area contributed by atoms with Crippen LogP contribution in [0.25, 0.3) is 0 Å². The minimum atomic E-state index is 0.128. The first-order valence-corrected chi connectivity index (χ1v) is 8.02. The highest BCUT2D eigenvalue weighted by atomic mass is 32.1. The fourth-order valence-corrected chi connectivity index (χ4v) is 2.55. The van der Waals surface area contributed by atoms with Crippen LogP contribution in [0, 0.1) is 0 Å². The number of anilines is 1. The molecule has 120 valence electrons. The molecule has 1 amide bonds. The van der Waals surface area contributed by atoms with E-state index in [1.165, 1.54) is 16.9 Å². The number of allylic oxidation sites excluding steroid dienone is 3. The molecule has 0 aliphatic carbocycles. The number of thiazole rings is 1. The van der Waals surface area contributed by atoms with E-state index in [-0.39, 0.29) is 11.9 Å². The van der Waals surface area contributed by atoms with Crippen molar-refractivity contribution in [3.8, 4) is 0 Å². The molecule has 0 saturated heterocycles. The van der Waals surface area contributed by atoms with Gasteiger partial charge in [-0.05, 0) is 12.8 Å². The van der Waals surface area contributed by atoms with Gasteiger partial charge in [0.1, 0.15) is 0 Å². The average Bonchev–Trinajstić information content (AvgIpc) is 2.94. The predicted octanol–water partition coefficient (Wildman–Crippen LogP) is 2.37. The lowest BCUT2D eigenvalue weighted by molar-refractivity contribution is -0.105. The van der Waals surface area contributed by atoms with Gasteiger partial charge in [-0.15, -0.1) is 11.3 Å². The van der Waals surface area contributed by atoms with E-state index in [9.17, 15) is 4.79 Å². The Labute approximate surface area is 135 Å². The Kier molecular flexibility index (Phi) is 7.91. The van der Waals surface area contributed by atoms with Crippen molar-refractivity contribution in [2.24, 2.45) is 16.5 Å². The molecule has 0 aromatic carbocycles. The van der Waals surface area contributed by atoms with Crippen LogP contribution in [0.15, 0.2) is 34.2 Å². The maximum Gasteiger partial charge on any atom is 0.213 e. The van der Waals surface area contributed by atoms with E-state index >= 15 is 0 Å². The number of nitrogens with zero attached hydrogens (tertiary/aromatic N) is 2. The Hall–Kier alpha value is -2.15. The van der Waals surface area contributed by atoms with Crippen molar-refractivity contribution in [2.75, 3.05) is 11.9 Å². The maximum absolute atomic E-state index is 10.4. The molecule has 1 unspecified atom stereocenters. The van der Waals surface area contributed by atoms with E-state index in [0.29, 0.717) is 18.1 Å². The van der Waals surface area contributed by atoms with Gasteiger partial charge in [-0.1, -0.05) is 37.6 Å². The third kappa shape index (κ3) is 6.53. The van der Waals surface area contributed by atoms with Gasteiger partial charge in [0.25, 0.3) is 0 Å². The highest BCUT2D eigenvalue weighted by Crippen LogP contribution is 2.22. The van der Waals surface area contributed by atoms with Crippen LogP contribution in [0.1, 0.15) is 38.3 Å². The van der Waals surface area contributed by atoms with Gasteiger partial charge in [-0.3, -0.25) is 9.79 Å². The molecule has 0 radical (unpaired) electrons. The molecular formula is C15H23N5OS. The Balaban J connectivity index is 2.58. The first-order valence-electron chi connectivity index (χ1n) is 7.14. The number of carbonyl (C=O) groups is 1. The monoisotopic (exact) mass is 321 g/mol. The fourth-order valence-electron chi connectivity index (χ4n) is 1.78. The second-order valence-electron chi connectivity index (χ2n) is 4.75. The number of hydrogen-bond acceptors (Lipinski definition) is 4. The Morgan fingerprint density at radius 2 is 2.32 bits per heavy atom. The lowest BCUT2D eigenvalue weighted by atomic mass is 10.1. The molecule has 0 aliphatic heterocycles. The van der Waals surface area contributed by atoms with E-state index in [0.717, 1.165) is 18.5 Å². The van der Waals surface area contributed by atoms with Crippen LogP contribution in [0.2, 0.25) is 0 Å². The lowest BCUT2D eigenvalue weighted by Crippen LogP contribution is -2.23. The number of aliphatic imine (C=N–C) groups is 1. The lowest BCUT2D eigenvalue weighted by Gasteiger charge is -2.02. The van der Waals surface area contributed by atoms with Crippen LogP contribution in [0.3, 0.4) is 0 Å². The van der Waals surface area contributed by atoms with E-state index in [1.54, 1.807) is 0 Å². The van der Waals surface area contributed by atoms with E-state index in [2.05, 4.69) is 41.3 Å². The molecule has 0 aliphatic rings. The Morgan fingerprint density at radius 1 is 1.55 bits per heavy atom. The standard InChI is InChI=1S/C15H23N5OS/c1-3-12(7-8-18-14(16)17)6-4-5-11(2)13-9-22-15(20-13)19-10-21/h4-6,9-11H,3,7-8H2,1-2H3,(H4,16,17,18)(H,19,20,21)/b5-4-,12-6+. The fraction of sp³-hybridized carbons (Fsp3) is 0.400. The number of aromatic nitrogens is 1. The molecule has 0 spiro atoms. The quantitative estimate of drug-likeness (QED) is 0.281. The zero-order chi connectivity index (χ0) is 16.4. The first kappa shape index (κ1) is 17.9. The van der Waals surface area contributed by atoms with Crippen molar-refractivity contribution < 1.29 is 4.79 Å². The number of guanidine groups is 1. The van der Waals surface area contributed by atoms with Crippen LogP contribution in [-0.2, 0) is 4.79 Å². The van der Waals surface area contributed by atoms with Gasteiger partial charge in [0, 0.05) is 17.8 Å². The normalized spacial score (nSPS) is 13.1. The number of amides is 1. The van der Waals surface area contributed by atoms with Crippen molar-refractivity contribution in [1.82, 2.24) is 4.98 Å². The summed E-state index contributed by atoms with van der Waals surface area (Å²) in [5.74, 6) is 0.313. The molecule has 0 bridgehead atoms. The smallest absolute Gasteiger partial charge is 0.213 e. The van der Waals surface area contributed by atoms with E-state index in [1.807, 2.05) is 11.5 Å². The third-order valence-corrected chi connectivity index (χ3v) is 3.88.